The molecule has 1 saturated carbocycles. The minimum Gasteiger partial charge on any atom is -0.299 e. The van der Waals surface area contributed by atoms with Crippen molar-refractivity contribution in [1.29, 1.82) is 0 Å². The highest BCUT2D eigenvalue weighted by atomic mass is 79.9. The van der Waals surface area contributed by atoms with E-state index in [0.717, 1.165) is 0 Å². The summed E-state index contributed by atoms with van der Waals surface area (Å²) in [6.45, 7) is 5.78. The van der Waals surface area contributed by atoms with Gasteiger partial charge in [-0.05, 0) is 12.8 Å². The van der Waals surface area contributed by atoms with Gasteiger partial charge in [0.2, 0.25) is 0 Å². The summed E-state index contributed by atoms with van der Waals surface area (Å²) in [5.74, 6) is 0.826. The van der Waals surface area contributed by atoms with E-state index in [-0.39, 0.29) is 5.41 Å². The van der Waals surface area contributed by atoms with Crippen LogP contribution in [0, 0.1) is 11.3 Å². The zero-order valence-corrected chi connectivity index (χ0v) is 7.53. The molecule has 0 unspecified atom stereocenters. The van der Waals surface area contributed by atoms with Gasteiger partial charge in [-0.3, -0.25) is 4.79 Å². The molecule has 0 spiro atoms. The molecule has 0 aromatic heterocycles. The van der Waals surface area contributed by atoms with Crippen molar-refractivity contribution >= 4 is 21.7 Å². The Labute approximate surface area is 64.0 Å². The molecule has 52 valence electrons. The lowest BCUT2D eigenvalue weighted by molar-refractivity contribution is -0.121. The largest absolute Gasteiger partial charge is 0.299 e. The van der Waals surface area contributed by atoms with E-state index in [2.05, 4.69) is 22.9 Å². The summed E-state index contributed by atoms with van der Waals surface area (Å²) in [5, 5.41) is 0. The van der Waals surface area contributed by atoms with Crippen molar-refractivity contribution in [2.75, 3.05) is 0 Å². The molecule has 0 heterocycles. The molecule has 1 fully saturated rings. The minimum absolute atomic E-state index is 0.0556. The third-order valence-electron chi connectivity index (χ3n) is 2.61. The number of halogens is 1. The maximum Gasteiger partial charge on any atom is 0.137 e. The van der Waals surface area contributed by atoms with Crippen LogP contribution in [0.1, 0.15) is 20.8 Å². The first-order valence-electron chi connectivity index (χ1n) is 3.16. The smallest absolute Gasteiger partial charge is 0.137 e. The Morgan fingerprint density at radius 2 is 2.00 bits per heavy atom. The number of carbonyl (C=O) groups excluding carboxylic acids is 1. The van der Waals surface area contributed by atoms with Crippen LogP contribution in [0.3, 0.4) is 0 Å². The van der Waals surface area contributed by atoms with Crippen molar-refractivity contribution in [2.24, 2.45) is 11.3 Å². The lowest BCUT2D eigenvalue weighted by atomic mass is 10.0. The van der Waals surface area contributed by atoms with Gasteiger partial charge < -0.3 is 0 Å². The fraction of sp³-hybridized carbons (Fsp3) is 0.857. The quantitative estimate of drug-likeness (QED) is 0.579. The molecule has 0 amide bonds. The summed E-state index contributed by atoms with van der Waals surface area (Å²) in [6, 6.07) is 0. The molecule has 0 N–H and O–H groups in total. The maximum absolute atomic E-state index is 10.9. The number of ketones is 1. The molecule has 0 bridgehead atoms. The first-order chi connectivity index (χ1) is 4.01. The molecule has 0 saturated heterocycles. The lowest BCUT2D eigenvalue weighted by Crippen LogP contribution is -2.10. The zero-order chi connectivity index (χ0) is 7.23. The molecule has 3 atom stereocenters. The Morgan fingerprint density at radius 1 is 1.67 bits per heavy atom. The summed E-state index contributed by atoms with van der Waals surface area (Å²) >= 11 is 3.45. The molecule has 0 radical (unpaired) electrons. The maximum atomic E-state index is 10.9. The van der Waals surface area contributed by atoms with E-state index in [0.29, 0.717) is 16.5 Å². The van der Waals surface area contributed by atoms with Crippen LogP contribution in [0.4, 0.5) is 0 Å². The van der Waals surface area contributed by atoms with Crippen LogP contribution in [0.25, 0.3) is 0 Å². The highest BCUT2D eigenvalue weighted by Gasteiger charge is 2.60. The monoisotopic (exact) mass is 190 g/mol. The van der Waals surface area contributed by atoms with Crippen LogP contribution in [0.2, 0.25) is 0 Å². The number of hydrogen-bond donors (Lipinski definition) is 0. The molecule has 2 heteroatoms. The van der Waals surface area contributed by atoms with Gasteiger partial charge in [-0.25, -0.2) is 0 Å². The van der Waals surface area contributed by atoms with Gasteiger partial charge in [0.05, 0.1) is 0 Å². The van der Waals surface area contributed by atoms with Crippen LogP contribution < -0.4 is 0 Å². The Kier molecular flexibility index (Phi) is 1.46. The molecule has 1 aliphatic carbocycles. The van der Waals surface area contributed by atoms with E-state index >= 15 is 0 Å². The van der Waals surface area contributed by atoms with E-state index in [1.165, 1.54) is 0 Å². The van der Waals surface area contributed by atoms with Crippen molar-refractivity contribution in [3.8, 4) is 0 Å². The van der Waals surface area contributed by atoms with Crippen molar-refractivity contribution in [3.63, 3.8) is 0 Å². The number of carbonyl (C=O) groups is 1. The van der Waals surface area contributed by atoms with Gasteiger partial charge in [-0.15, -0.1) is 0 Å². The van der Waals surface area contributed by atoms with Gasteiger partial charge in [0.25, 0.3) is 0 Å². The van der Waals surface area contributed by atoms with Crippen LogP contribution in [-0.4, -0.2) is 10.6 Å². The first-order valence-corrected chi connectivity index (χ1v) is 4.08. The zero-order valence-electron chi connectivity index (χ0n) is 5.94. The number of alkyl halides is 1. The molecule has 1 rings (SSSR count). The highest BCUT2D eigenvalue weighted by Crippen LogP contribution is 2.57. The second kappa shape index (κ2) is 1.82. The highest BCUT2D eigenvalue weighted by molar-refractivity contribution is 9.09. The van der Waals surface area contributed by atoms with Gasteiger partial charge in [-0.2, -0.15) is 0 Å². The second-order valence-electron chi connectivity index (χ2n) is 3.03. The van der Waals surface area contributed by atoms with E-state index in [1.54, 1.807) is 6.92 Å². The standard InChI is InChI=1S/C7H11BrO/c1-4-6(8)7(4,3)5(2)9/h4,6H,1-3H3/t4-,6+,7-/m0/s1. The predicted molar refractivity (Wildman–Crippen MR) is 40.7 cm³/mol. The second-order valence-corrected chi connectivity index (χ2v) is 4.02. The summed E-state index contributed by atoms with van der Waals surface area (Å²) < 4.78 is 0. The third-order valence-corrected chi connectivity index (χ3v) is 4.35. The van der Waals surface area contributed by atoms with E-state index in [9.17, 15) is 4.79 Å². The number of Topliss-reactive ketones (excluding diaryl/α,β-unsaturated/α-hetero) is 1. The van der Waals surface area contributed by atoms with Crippen LogP contribution in [0.5, 0.6) is 0 Å². The molecule has 0 aromatic rings. The van der Waals surface area contributed by atoms with E-state index in [4.69, 9.17) is 0 Å². The van der Waals surface area contributed by atoms with Gasteiger partial charge in [-0.1, -0.05) is 29.8 Å². The molecule has 0 aliphatic heterocycles. The Balaban J connectivity index is 2.71. The summed E-state index contributed by atoms with van der Waals surface area (Å²) in [7, 11) is 0. The van der Waals surface area contributed by atoms with Crippen LogP contribution in [-0.2, 0) is 4.79 Å². The van der Waals surface area contributed by atoms with Crippen LogP contribution in [0.15, 0.2) is 0 Å². The van der Waals surface area contributed by atoms with Crippen molar-refractivity contribution in [3.05, 3.63) is 0 Å². The third kappa shape index (κ3) is 0.759. The van der Waals surface area contributed by atoms with Gasteiger partial charge >= 0.3 is 0 Å². The Bertz CT molecular complexity index is 145. The SMILES string of the molecule is CC(=O)[C@@]1(C)[C@H](Br)[C@@H]1C. The molecular weight excluding hydrogens is 180 g/mol. The Hall–Kier alpha value is 0.150. The number of hydrogen-bond acceptors (Lipinski definition) is 1. The normalized spacial score (nSPS) is 48.9. The van der Waals surface area contributed by atoms with E-state index < -0.39 is 0 Å². The lowest BCUT2D eigenvalue weighted by Gasteiger charge is -2.01. The molecule has 9 heavy (non-hydrogen) atoms. The van der Waals surface area contributed by atoms with Crippen LogP contribution >= 0.6 is 15.9 Å². The van der Waals surface area contributed by atoms with E-state index in [1.807, 2.05) is 6.92 Å². The summed E-state index contributed by atoms with van der Waals surface area (Å²) in [6.07, 6.45) is 0. The van der Waals surface area contributed by atoms with Gasteiger partial charge in [0.1, 0.15) is 5.78 Å². The average molecular weight is 191 g/mol. The topological polar surface area (TPSA) is 17.1 Å². The summed E-state index contributed by atoms with van der Waals surface area (Å²) in [5.41, 5.74) is -0.0556. The fourth-order valence-electron chi connectivity index (χ4n) is 1.18. The van der Waals surface area contributed by atoms with Crippen molar-refractivity contribution in [1.82, 2.24) is 0 Å². The Morgan fingerprint density at radius 3 is 2.00 bits per heavy atom. The minimum atomic E-state index is -0.0556. The molecule has 1 nitrogen and oxygen atoms in total. The molecule has 1 aliphatic rings. The predicted octanol–water partition coefficient (Wildman–Crippen LogP) is 1.99. The molecule has 0 aromatic carbocycles. The fourth-order valence-corrected chi connectivity index (χ4v) is 2.32. The average Bonchev–Trinajstić information content (AvgIpc) is 2.22. The van der Waals surface area contributed by atoms with Gasteiger partial charge in [0, 0.05) is 10.2 Å². The number of rotatable bonds is 1. The van der Waals surface area contributed by atoms with Crippen molar-refractivity contribution < 1.29 is 4.79 Å². The first kappa shape index (κ1) is 7.26. The van der Waals surface area contributed by atoms with Gasteiger partial charge in [0.15, 0.2) is 0 Å². The molecular formula is C7H11BrO. The van der Waals surface area contributed by atoms with Crippen molar-refractivity contribution in [2.45, 2.75) is 25.6 Å². The summed E-state index contributed by atoms with van der Waals surface area (Å²) in [4.78, 5) is 11.3.